The van der Waals surface area contributed by atoms with Gasteiger partial charge in [0, 0.05) is 33.1 Å². The molecule has 0 saturated carbocycles. The lowest BCUT2D eigenvalue weighted by Gasteiger charge is -2.42. The lowest BCUT2D eigenvalue weighted by Crippen LogP contribution is -2.30. The highest BCUT2D eigenvalue weighted by Gasteiger charge is 2.36. The lowest BCUT2D eigenvalue weighted by molar-refractivity contribution is 0.632. The molecule has 0 aliphatic carbocycles. The maximum atomic E-state index is 10.3. The molecule has 2 heterocycles. The molecule has 1 aromatic heterocycles. The van der Waals surface area contributed by atoms with Crippen LogP contribution in [-0.4, -0.2) is 4.57 Å². The zero-order valence-electron chi connectivity index (χ0n) is 25.9. The molecule has 8 rings (SSSR count). The molecule has 0 bridgehead atoms. The molecule has 0 spiro atoms. The molecule has 1 aliphatic heterocycles. The van der Waals surface area contributed by atoms with E-state index in [1.54, 1.807) is 6.07 Å². The fourth-order valence-corrected chi connectivity index (χ4v) is 7.27. The lowest BCUT2D eigenvalue weighted by atomic mass is 9.73. The van der Waals surface area contributed by atoms with Gasteiger partial charge in [0.2, 0.25) is 0 Å². The van der Waals surface area contributed by atoms with Gasteiger partial charge in [-0.2, -0.15) is 15.8 Å². The van der Waals surface area contributed by atoms with Crippen LogP contribution >= 0.6 is 0 Å². The van der Waals surface area contributed by atoms with E-state index in [0.29, 0.717) is 11.1 Å². The zero-order valence-corrected chi connectivity index (χ0v) is 25.9. The molecule has 47 heavy (non-hydrogen) atoms. The van der Waals surface area contributed by atoms with E-state index in [0.717, 1.165) is 50.1 Å². The summed E-state index contributed by atoms with van der Waals surface area (Å²) in [6.07, 6.45) is 0. The van der Waals surface area contributed by atoms with E-state index in [1.807, 2.05) is 0 Å². The summed E-state index contributed by atoms with van der Waals surface area (Å²) in [4.78, 5) is 2.30. The minimum absolute atomic E-state index is 0.188. The summed E-state index contributed by atoms with van der Waals surface area (Å²) in [7, 11) is 0. The van der Waals surface area contributed by atoms with Crippen LogP contribution < -0.4 is 4.90 Å². The highest BCUT2D eigenvalue weighted by molar-refractivity contribution is 6.09. The minimum Gasteiger partial charge on any atom is -0.310 e. The number of nitriles is 3. The van der Waals surface area contributed by atoms with Crippen molar-refractivity contribution in [1.82, 2.24) is 4.57 Å². The summed E-state index contributed by atoms with van der Waals surface area (Å²) in [5.41, 5.74) is 10.5. The summed E-state index contributed by atoms with van der Waals surface area (Å²) >= 11 is 0. The van der Waals surface area contributed by atoms with Gasteiger partial charge in [0.25, 0.3) is 0 Å². The standard InChI is InChI=1S/C42H27N5/c1-42(2)36-13-5-9-17-40(36)47(41-18-10-6-14-37(41)42)32-21-27(35-22-29(25-44)28(24-43)19-30(35)26-45)20-31(23-32)46-38-15-7-3-11-33(38)34-12-4-8-16-39(34)46/h3-23H,1-2H3. The fourth-order valence-electron chi connectivity index (χ4n) is 7.27. The van der Waals surface area contributed by atoms with Gasteiger partial charge >= 0.3 is 0 Å². The highest BCUT2D eigenvalue weighted by Crippen LogP contribution is 2.52. The van der Waals surface area contributed by atoms with Crippen LogP contribution in [0.25, 0.3) is 38.6 Å². The van der Waals surface area contributed by atoms with Gasteiger partial charge < -0.3 is 9.47 Å². The van der Waals surface area contributed by atoms with E-state index in [-0.39, 0.29) is 16.5 Å². The SMILES string of the molecule is CC1(C)c2ccccc2N(c2cc(-c3cc(C#N)c(C#N)cc3C#N)cc(-n3c4ccccc4c4ccccc43)c2)c2ccccc21. The van der Waals surface area contributed by atoms with E-state index in [9.17, 15) is 15.8 Å². The van der Waals surface area contributed by atoms with Gasteiger partial charge in [-0.25, -0.2) is 0 Å². The van der Waals surface area contributed by atoms with E-state index >= 15 is 0 Å². The first kappa shape index (κ1) is 27.9. The Morgan fingerprint density at radius 1 is 0.511 bits per heavy atom. The van der Waals surface area contributed by atoms with Crippen LogP contribution in [0.5, 0.6) is 0 Å². The molecule has 0 atom stereocenters. The van der Waals surface area contributed by atoms with Crippen LogP contribution in [-0.2, 0) is 5.41 Å². The second-order valence-electron chi connectivity index (χ2n) is 12.4. The molecule has 0 fully saturated rings. The molecular formula is C42H27N5. The van der Waals surface area contributed by atoms with Gasteiger partial charge in [0.15, 0.2) is 0 Å². The molecule has 5 nitrogen and oxygen atoms in total. The van der Waals surface area contributed by atoms with Gasteiger partial charge in [0.1, 0.15) is 12.1 Å². The Kier molecular flexibility index (Phi) is 6.23. The summed E-state index contributed by atoms with van der Waals surface area (Å²) in [5.74, 6) is 0. The van der Waals surface area contributed by atoms with Gasteiger partial charge in [-0.1, -0.05) is 86.6 Å². The molecule has 0 radical (unpaired) electrons. The molecule has 7 aromatic rings. The number of hydrogen-bond donors (Lipinski definition) is 0. The number of nitrogens with zero attached hydrogens (tertiary/aromatic N) is 5. The van der Waals surface area contributed by atoms with Crippen molar-refractivity contribution < 1.29 is 0 Å². The van der Waals surface area contributed by atoms with Gasteiger partial charge in [-0.3, -0.25) is 0 Å². The number of anilines is 3. The number of aromatic nitrogens is 1. The van der Waals surface area contributed by atoms with Crippen LogP contribution in [0.2, 0.25) is 0 Å². The maximum absolute atomic E-state index is 10.3. The Morgan fingerprint density at radius 2 is 1.00 bits per heavy atom. The molecule has 5 heteroatoms. The Bertz CT molecular complexity index is 2450. The Balaban J connectivity index is 1.50. The average molecular weight is 602 g/mol. The van der Waals surface area contributed by atoms with Gasteiger partial charge in [-0.05, 0) is 71.3 Å². The summed E-state index contributed by atoms with van der Waals surface area (Å²) in [6, 6.07) is 49.9. The molecule has 6 aromatic carbocycles. The van der Waals surface area contributed by atoms with E-state index < -0.39 is 0 Å². The van der Waals surface area contributed by atoms with Crippen LogP contribution in [0.4, 0.5) is 17.1 Å². The van der Waals surface area contributed by atoms with Crippen molar-refractivity contribution in [3.8, 4) is 35.0 Å². The Morgan fingerprint density at radius 3 is 1.57 bits per heavy atom. The molecule has 220 valence electrons. The number of hydrogen-bond acceptors (Lipinski definition) is 4. The van der Waals surface area contributed by atoms with Crippen molar-refractivity contribution in [2.45, 2.75) is 19.3 Å². The largest absolute Gasteiger partial charge is 0.310 e. The van der Waals surface area contributed by atoms with Crippen molar-refractivity contribution in [2.75, 3.05) is 4.90 Å². The summed E-state index contributed by atoms with van der Waals surface area (Å²) < 4.78 is 2.27. The molecule has 0 amide bonds. The van der Waals surface area contributed by atoms with Crippen LogP contribution in [0.15, 0.2) is 127 Å². The van der Waals surface area contributed by atoms with Crippen molar-refractivity contribution in [3.05, 3.63) is 155 Å². The Labute approximate surface area is 273 Å². The van der Waals surface area contributed by atoms with Crippen molar-refractivity contribution >= 4 is 38.9 Å². The van der Waals surface area contributed by atoms with Crippen molar-refractivity contribution in [2.24, 2.45) is 0 Å². The molecular weight excluding hydrogens is 574 g/mol. The second kappa shape index (κ2) is 10.5. The second-order valence-corrected chi connectivity index (χ2v) is 12.4. The first-order valence-electron chi connectivity index (χ1n) is 15.5. The van der Waals surface area contributed by atoms with Crippen LogP contribution in [0, 0.1) is 34.0 Å². The predicted octanol–water partition coefficient (Wildman–Crippen LogP) is 10.2. The fraction of sp³-hybridized carbons (Fsp3) is 0.0714. The van der Waals surface area contributed by atoms with E-state index in [1.165, 1.54) is 17.2 Å². The smallest absolute Gasteiger partial charge is 0.101 e. The molecule has 0 unspecified atom stereocenters. The quantitative estimate of drug-likeness (QED) is 0.202. The zero-order chi connectivity index (χ0) is 32.3. The Hall–Kier alpha value is -6.61. The van der Waals surface area contributed by atoms with E-state index in [2.05, 4.69) is 157 Å². The third-order valence-corrected chi connectivity index (χ3v) is 9.47. The minimum atomic E-state index is -0.222. The monoisotopic (exact) mass is 601 g/mol. The number of rotatable bonds is 3. The van der Waals surface area contributed by atoms with Gasteiger partial charge in [-0.15, -0.1) is 0 Å². The molecule has 0 saturated heterocycles. The molecule has 0 N–H and O–H groups in total. The van der Waals surface area contributed by atoms with E-state index in [4.69, 9.17) is 0 Å². The van der Waals surface area contributed by atoms with Gasteiger partial charge in [0.05, 0.1) is 45.2 Å². The summed E-state index contributed by atoms with van der Waals surface area (Å²) in [6.45, 7) is 4.53. The first-order chi connectivity index (χ1) is 22.9. The third-order valence-electron chi connectivity index (χ3n) is 9.47. The third kappa shape index (κ3) is 4.14. The number of fused-ring (bicyclic) bond motifs is 5. The predicted molar refractivity (Wildman–Crippen MR) is 187 cm³/mol. The normalized spacial score (nSPS) is 13.0. The highest BCUT2D eigenvalue weighted by atomic mass is 15.2. The van der Waals surface area contributed by atoms with Crippen LogP contribution in [0.3, 0.4) is 0 Å². The average Bonchev–Trinajstić information content (AvgIpc) is 3.45. The van der Waals surface area contributed by atoms with Crippen LogP contribution in [0.1, 0.15) is 41.7 Å². The topological polar surface area (TPSA) is 79.5 Å². The van der Waals surface area contributed by atoms with Crippen molar-refractivity contribution in [1.29, 1.82) is 15.8 Å². The first-order valence-corrected chi connectivity index (χ1v) is 15.5. The summed E-state index contributed by atoms with van der Waals surface area (Å²) in [5, 5.41) is 32.2. The number of benzene rings is 6. The maximum Gasteiger partial charge on any atom is 0.101 e. The number of para-hydroxylation sites is 4. The molecule has 1 aliphatic rings. The van der Waals surface area contributed by atoms with Crippen molar-refractivity contribution in [3.63, 3.8) is 0 Å².